The maximum absolute atomic E-state index is 13.9. The Morgan fingerprint density at radius 3 is 2.57 bits per heavy atom. The second-order valence-corrected chi connectivity index (χ2v) is 9.11. The van der Waals surface area contributed by atoms with Crippen molar-refractivity contribution in [2.24, 2.45) is 11.8 Å². The molecule has 0 spiro atoms. The first-order valence-corrected chi connectivity index (χ1v) is 11.5. The summed E-state index contributed by atoms with van der Waals surface area (Å²) in [7, 11) is 1.56. The summed E-state index contributed by atoms with van der Waals surface area (Å²) in [6.45, 7) is 2.59. The first-order valence-electron chi connectivity index (χ1n) is 11.5. The molecule has 3 aliphatic rings. The van der Waals surface area contributed by atoms with E-state index in [9.17, 15) is 24.5 Å². The van der Waals surface area contributed by atoms with Crippen molar-refractivity contribution in [3.05, 3.63) is 75.8 Å². The van der Waals surface area contributed by atoms with Gasteiger partial charge >= 0.3 is 0 Å². The summed E-state index contributed by atoms with van der Waals surface area (Å²) in [6.07, 6.45) is 2.47. The van der Waals surface area contributed by atoms with Gasteiger partial charge in [0.15, 0.2) is 5.78 Å². The Balaban J connectivity index is 1.62. The maximum Gasteiger partial charge on any atom is 0.270 e. The van der Waals surface area contributed by atoms with Gasteiger partial charge in [0.05, 0.1) is 22.8 Å². The number of carbonyl (C=O) groups is 3. The minimum Gasteiger partial charge on any atom is -0.385 e. The molecular weight excluding hydrogens is 450 g/mol. The summed E-state index contributed by atoms with van der Waals surface area (Å²) >= 11 is 0. The van der Waals surface area contributed by atoms with E-state index in [1.807, 2.05) is 42.2 Å². The number of carbonyl (C=O) groups excluding carboxylic acids is 3. The van der Waals surface area contributed by atoms with Crippen LogP contribution in [0.4, 0.5) is 11.4 Å². The number of nitro groups is 1. The number of imide groups is 1. The van der Waals surface area contributed by atoms with E-state index in [0.717, 1.165) is 16.8 Å². The van der Waals surface area contributed by atoms with E-state index < -0.39 is 34.6 Å². The van der Waals surface area contributed by atoms with E-state index in [1.54, 1.807) is 7.11 Å². The van der Waals surface area contributed by atoms with E-state index >= 15 is 0 Å². The Hall–Kier alpha value is -3.85. The number of rotatable bonds is 7. The number of likely N-dealkylation sites (tertiary alicyclic amines) is 1. The molecule has 0 radical (unpaired) electrons. The minimum absolute atomic E-state index is 0.144. The zero-order chi connectivity index (χ0) is 24.9. The largest absolute Gasteiger partial charge is 0.385 e. The number of benzene rings is 2. The van der Waals surface area contributed by atoms with Gasteiger partial charge in [0.25, 0.3) is 5.69 Å². The fourth-order valence-corrected chi connectivity index (χ4v) is 5.69. The van der Waals surface area contributed by atoms with Crippen LogP contribution in [0.3, 0.4) is 0 Å². The number of hydrogen-bond acceptors (Lipinski definition) is 7. The van der Waals surface area contributed by atoms with E-state index in [2.05, 4.69) is 0 Å². The Kier molecular flexibility index (Phi) is 5.72. The van der Waals surface area contributed by atoms with E-state index in [-0.39, 0.29) is 29.6 Å². The Morgan fingerprint density at radius 2 is 1.83 bits per heavy atom. The molecule has 2 saturated heterocycles. The van der Waals surface area contributed by atoms with Crippen LogP contribution in [-0.2, 0) is 14.3 Å². The van der Waals surface area contributed by atoms with Crippen molar-refractivity contribution in [2.45, 2.75) is 25.4 Å². The number of ketones is 1. The smallest absolute Gasteiger partial charge is 0.270 e. The molecule has 9 heteroatoms. The van der Waals surface area contributed by atoms with Gasteiger partial charge in [-0.05, 0) is 25.0 Å². The van der Waals surface area contributed by atoms with E-state index in [1.165, 1.54) is 29.2 Å². The third-order valence-corrected chi connectivity index (χ3v) is 7.19. The van der Waals surface area contributed by atoms with Crippen molar-refractivity contribution in [3.63, 3.8) is 0 Å². The van der Waals surface area contributed by atoms with Crippen molar-refractivity contribution in [1.29, 1.82) is 0 Å². The van der Waals surface area contributed by atoms with Crippen LogP contribution < -0.4 is 4.90 Å². The lowest BCUT2D eigenvalue weighted by molar-refractivity contribution is -0.384. The van der Waals surface area contributed by atoms with Gasteiger partial charge < -0.3 is 9.64 Å². The minimum atomic E-state index is -0.957. The highest BCUT2D eigenvalue weighted by Crippen LogP contribution is 2.50. The molecule has 2 aromatic rings. The molecule has 0 N–H and O–H groups in total. The van der Waals surface area contributed by atoms with Gasteiger partial charge in [0, 0.05) is 49.2 Å². The summed E-state index contributed by atoms with van der Waals surface area (Å²) in [6, 6.07) is 11.7. The number of anilines is 1. The Morgan fingerprint density at radius 1 is 1.09 bits per heavy atom. The molecular formula is C26H25N3O6. The molecule has 9 nitrogen and oxygen atoms in total. The van der Waals surface area contributed by atoms with Crippen molar-refractivity contribution >= 4 is 34.5 Å². The molecule has 0 saturated carbocycles. The van der Waals surface area contributed by atoms with Gasteiger partial charge in [-0.2, -0.15) is 0 Å². The molecule has 2 amide bonds. The van der Waals surface area contributed by atoms with Crippen LogP contribution in [0.15, 0.2) is 54.6 Å². The molecule has 4 atom stereocenters. The standard InChI is InChI=1S/C26H25N3O6/c1-15-13-20-21-22(26(32)27(25(21)31)11-6-12-35-2)23(28(20)19-10-4-3-9-18(15)19)24(30)16-7-5-8-17(14-16)29(33)34/h3-5,7-10,13-14,20-23H,6,11-12H2,1-2H3. The number of nitrogens with zero attached hydrogens (tertiary/aromatic N) is 3. The summed E-state index contributed by atoms with van der Waals surface area (Å²) < 4.78 is 5.08. The summed E-state index contributed by atoms with van der Waals surface area (Å²) in [5, 5.41) is 11.3. The fraction of sp³-hybridized carbons (Fsp3) is 0.346. The lowest BCUT2D eigenvalue weighted by Gasteiger charge is -2.38. The van der Waals surface area contributed by atoms with Crippen LogP contribution >= 0.6 is 0 Å². The van der Waals surface area contributed by atoms with Crippen LogP contribution in [-0.4, -0.2) is 59.8 Å². The van der Waals surface area contributed by atoms with Crippen LogP contribution in [0.5, 0.6) is 0 Å². The van der Waals surface area contributed by atoms with Crippen LogP contribution in [0.2, 0.25) is 0 Å². The first kappa shape index (κ1) is 22.9. The van der Waals surface area contributed by atoms with E-state index in [4.69, 9.17) is 4.74 Å². The highest BCUT2D eigenvalue weighted by molar-refractivity contribution is 6.14. The van der Waals surface area contributed by atoms with Gasteiger partial charge in [-0.25, -0.2) is 0 Å². The molecule has 0 aliphatic carbocycles. The summed E-state index contributed by atoms with van der Waals surface area (Å²) in [4.78, 5) is 55.0. The molecule has 35 heavy (non-hydrogen) atoms. The van der Waals surface area contributed by atoms with Gasteiger partial charge in [-0.15, -0.1) is 0 Å². The van der Waals surface area contributed by atoms with Gasteiger partial charge in [0.2, 0.25) is 11.8 Å². The average Bonchev–Trinajstić information content (AvgIpc) is 3.32. The number of ether oxygens (including phenoxy) is 1. The highest BCUT2D eigenvalue weighted by Gasteiger charge is 2.64. The molecule has 0 bridgehead atoms. The molecule has 3 heterocycles. The molecule has 3 aliphatic heterocycles. The summed E-state index contributed by atoms with van der Waals surface area (Å²) in [5.41, 5.74) is 2.62. The molecule has 0 aromatic heterocycles. The number of Topliss-reactive ketones (excluding diaryl/α,β-unsaturated/α-hetero) is 1. The molecule has 2 fully saturated rings. The van der Waals surface area contributed by atoms with Crippen molar-refractivity contribution in [2.75, 3.05) is 25.2 Å². The van der Waals surface area contributed by atoms with Crippen molar-refractivity contribution < 1.29 is 24.0 Å². The monoisotopic (exact) mass is 475 g/mol. The topological polar surface area (TPSA) is 110 Å². The van der Waals surface area contributed by atoms with Crippen LogP contribution in [0.25, 0.3) is 5.57 Å². The third-order valence-electron chi connectivity index (χ3n) is 7.19. The number of allylic oxidation sites excluding steroid dienone is 1. The summed E-state index contributed by atoms with van der Waals surface area (Å²) in [5.74, 6) is -2.66. The van der Waals surface area contributed by atoms with Crippen LogP contribution in [0, 0.1) is 22.0 Å². The quantitative estimate of drug-likeness (QED) is 0.199. The fourth-order valence-electron chi connectivity index (χ4n) is 5.69. The lowest BCUT2D eigenvalue weighted by atomic mass is 9.85. The number of methoxy groups -OCH3 is 1. The predicted molar refractivity (Wildman–Crippen MR) is 128 cm³/mol. The third kappa shape index (κ3) is 3.54. The second-order valence-electron chi connectivity index (χ2n) is 9.11. The second kappa shape index (κ2) is 8.74. The van der Waals surface area contributed by atoms with E-state index in [0.29, 0.717) is 13.0 Å². The van der Waals surface area contributed by atoms with Crippen molar-refractivity contribution in [3.8, 4) is 0 Å². The van der Waals surface area contributed by atoms with Gasteiger partial charge in [-0.3, -0.25) is 29.4 Å². The SMILES string of the molecule is COCCCN1C(=O)C2C(C1=O)C(C(=O)c1cccc([N+](=O)[O-])c1)N1c3ccccc3C(C)=CC21. The van der Waals surface area contributed by atoms with Gasteiger partial charge in [0.1, 0.15) is 6.04 Å². The zero-order valence-corrected chi connectivity index (χ0v) is 19.4. The normalized spacial score (nSPS) is 24.7. The number of amides is 2. The van der Waals surface area contributed by atoms with Crippen LogP contribution in [0.1, 0.15) is 29.3 Å². The maximum atomic E-state index is 13.9. The number of non-ortho nitro benzene ring substituents is 1. The average molecular weight is 476 g/mol. The molecule has 180 valence electrons. The number of nitro benzene ring substituents is 1. The lowest BCUT2D eigenvalue weighted by Crippen LogP contribution is -2.49. The molecule has 5 rings (SSSR count). The zero-order valence-electron chi connectivity index (χ0n) is 19.4. The highest BCUT2D eigenvalue weighted by atomic mass is 16.6. The first-order chi connectivity index (χ1) is 16.8. The van der Waals surface area contributed by atoms with Crippen molar-refractivity contribution in [1.82, 2.24) is 4.90 Å². The predicted octanol–water partition coefficient (Wildman–Crippen LogP) is 3.09. The number of para-hydroxylation sites is 1. The molecule has 2 aromatic carbocycles. The molecule has 4 unspecified atom stereocenters. The van der Waals surface area contributed by atoms with Gasteiger partial charge in [-0.1, -0.05) is 36.4 Å². The Bertz CT molecular complexity index is 1270. The Labute approximate surface area is 202 Å². The number of hydrogen-bond donors (Lipinski definition) is 0. The number of fused-ring (bicyclic) bond motifs is 5.